The van der Waals surface area contributed by atoms with E-state index in [2.05, 4.69) is 10.6 Å². The van der Waals surface area contributed by atoms with Crippen molar-refractivity contribution < 1.29 is 9.90 Å². The number of anilines is 1. The van der Waals surface area contributed by atoms with Crippen molar-refractivity contribution in [2.75, 3.05) is 11.9 Å². The van der Waals surface area contributed by atoms with E-state index in [4.69, 9.17) is 16.7 Å². The van der Waals surface area contributed by atoms with Crippen LogP contribution in [-0.2, 0) is 13.0 Å². The summed E-state index contributed by atoms with van der Waals surface area (Å²) in [6.45, 7) is 2.44. The van der Waals surface area contributed by atoms with Gasteiger partial charge in [0, 0.05) is 17.3 Å². The van der Waals surface area contributed by atoms with Crippen LogP contribution in [0.2, 0.25) is 5.02 Å². The molecule has 3 N–H and O–H groups in total. The average molecular weight is 319 g/mol. The SMILES string of the molecule is Cc1c(Cl)cccc1NC(=O)NCCc1ccc(CO)cc1. The summed E-state index contributed by atoms with van der Waals surface area (Å²) in [7, 11) is 0. The molecule has 0 aliphatic carbocycles. The predicted octanol–water partition coefficient (Wildman–Crippen LogP) is 3.50. The first-order valence-corrected chi connectivity index (χ1v) is 7.46. The van der Waals surface area contributed by atoms with E-state index in [1.54, 1.807) is 12.1 Å². The summed E-state index contributed by atoms with van der Waals surface area (Å²) < 4.78 is 0. The van der Waals surface area contributed by atoms with Gasteiger partial charge in [-0.3, -0.25) is 0 Å². The maximum atomic E-state index is 11.9. The van der Waals surface area contributed by atoms with Crippen molar-refractivity contribution in [3.63, 3.8) is 0 Å². The Labute approximate surface area is 135 Å². The third-order valence-corrected chi connectivity index (χ3v) is 3.83. The number of aliphatic hydroxyl groups excluding tert-OH is 1. The second-order valence-electron chi connectivity index (χ2n) is 5.02. The molecule has 2 aromatic carbocycles. The predicted molar refractivity (Wildman–Crippen MR) is 89.3 cm³/mol. The molecule has 0 heterocycles. The molecule has 0 fully saturated rings. The van der Waals surface area contributed by atoms with Gasteiger partial charge in [0.05, 0.1) is 6.61 Å². The fourth-order valence-corrected chi connectivity index (χ4v) is 2.22. The van der Waals surface area contributed by atoms with E-state index < -0.39 is 0 Å². The second kappa shape index (κ2) is 7.82. The highest BCUT2D eigenvalue weighted by Gasteiger charge is 2.06. The fourth-order valence-electron chi connectivity index (χ4n) is 2.04. The lowest BCUT2D eigenvalue weighted by Crippen LogP contribution is -2.30. The zero-order valence-electron chi connectivity index (χ0n) is 12.4. The van der Waals surface area contributed by atoms with Gasteiger partial charge in [-0.2, -0.15) is 0 Å². The lowest BCUT2D eigenvalue weighted by Gasteiger charge is -2.11. The van der Waals surface area contributed by atoms with Crippen molar-refractivity contribution in [3.05, 3.63) is 64.2 Å². The van der Waals surface area contributed by atoms with Crippen LogP contribution in [0.1, 0.15) is 16.7 Å². The van der Waals surface area contributed by atoms with Gasteiger partial charge >= 0.3 is 6.03 Å². The number of benzene rings is 2. The first kappa shape index (κ1) is 16.3. The Morgan fingerprint density at radius 3 is 2.50 bits per heavy atom. The van der Waals surface area contributed by atoms with Crippen molar-refractivity contribution in [3.8, 4) is 0 Å². The maximum absolute atomic E-state index is 11.9. The lowest BCUT2D eigenvalue weighted by molar-refractivity contribution is 0.252. The Bertz CT molecular complexity index is 642. The Morgan fingerprint density at radius 2 is 1.82 bits per heavy atom. The van der Waals surface area contributed by atoms with Gasteiger partial charge in [0.15, 0.2) is 0 Å². The van der Waals surface area contributed by atoms with E-state index in [1.165, 1.54) is 0 Å². The molecule has 2 rings (SSSR count). The number of aliphatic hydroxyl groups is 1. The van der Waals surface area contributed by atoms with Gasteiger partial charge in [-0.1, -0.05) is 41.9 Å². The van der Waals surface area contributed by atoms with E-state index in [0.29, 0.717) is 17.3 Å². The molecule has 0 aromatic heterocycles. The third kappa shape index (κ3) is 4.48. The Kier molecular flexibility index (Phi) is 5.81. The molecule has 0 unspecified atom stereocenters. The average Bonchev–Trinajstić information content (AvgIpc) is 2.52. The number of carbonyl (C=O) groups excluding carboxylic acids is 1. The highest BCUT2D eigenvalue weighted by molar-refractivity contribution is 6.31. The summed E-state index contributed by atoms with van der Waals surface area (Å²) in [4.78, 5) is 11.9. The number of hydrogen-bond acceptors (Lipinski definition) is 2. The Morgan fingerprint density at radius 1 is 1.14 bits per heavy atom. The molecule has 0 radical (unpaired) electrons. The zero-order chi connectivity index (χ0) is 15.9. The number of carbonyl (C=O) groups is 1. The second-order valence-corrected chi connectivity index (χ2v) is 5.43. The normalized spacial score (nSPS) is 10.3. The number of hydrogen-bond donors (Lipinski definition) is 3. The Balaban J connectivity index is 1.81. The van der Waals surface area contributed by atoms with Gasteiger partial charge in [-0.05, 0) is 42.2 Å². The van der Waals surface area contributed by atoms with E-state index >= 15 is 0 Å². The van der Waals surface area contributed by atoms with Gasteiger partial charge in [-0.25, -0.2) is 4.79 Å². The number of amides is 2. The molecular weight excluding hydrogens is 300 g/mol. The van der Waals surface area contributed by atoms with Crippen LogP contribution in [0.3, 0.4) is 0 Å². The molecule has 0 bridgehead atoms. The standard InChI is InChI=1S/C17H19ClN2O2/c1-12-15(18)3-2-4-16(12)20-17(22)19-10-9-13-5-7-14(11-21)8-6-13/h2-8,21H,9-11H2,1H3,(H2,19,20,22). The van der Waals surface area contributed by atoms with Crippen LogP contribution in [0, 0.1) is 6.92 Å². The van der Waals surface area contributed by atoms with Crippen LogP contribution >= 0.6 is 11.6 Å². The molecule has 4 nitrogen and oxygen atoms in total. The van der Waals surface area contributed by atoms with E-state index in [0.717, 1.165) is 23.1 Å². The molecule has 0 spiro atoms. The van der Waals surface area contributed by atoms with Gasteiger partial charge in [0.2, 0.25) is 0 Å². The summed E-state index contributed by atoms with van der Waals surface area (Å²) in [6.07, 6.45) is 0.730. The summed E-state index contributed by atoms with van der Waals surface area (Å²) in [5.41, 5.74) is 3.54. The molecule has 2 amide bonds. The molecule has 0 saturated carbocycles. The largest absolute Gasteiger partial charge is 0.392 e. The van der Waals surface area contributed by atoms with Crippen molar-refractivity contribution >= 4 is 23.3 Å². The molecule has 0 aliphatic heterocycles. The van der Waals surface area contributed by atoms with Crippen LogP contribution < -0.4 is 10.6 Å². The van der Waals surface area contributed by atoms with Gasteiger partial charge in [0.25, 0.3) is 0 Å². The topological polar surface area (TPSA) is 61.4 Å². The quantitative estimate of drug-likeness (QED) is 0.790. The van der Waals surface area contributed by atoms with Crippen molar-refractivity contribution in [1.29, 1.82) is 0 Å². The number of nitrogens with one attached hydrogen (secondary N) is 2. The van der Waals surface area contributed by atoms with E-state index in [9.17, 15) is 4.79 Å². The molecular formula is C17H19ClN2O2. The van der Waals surface area contributed by atoms with Crippen molar-refractivity contribution in [1.82, 2.24) is 5.32 Å². The minimum atomic E-state index is -0.252. The zero-order valence-corrected chi connectivity index (χ0v) is 13.2. The van der Waals surface area contributed by atoms with Crippen LogP contribution in [0.4, 0.5) is 10.5 Å². The fraction of sp³-hybridized carbons (Fsp3) is 0.235. The highest BCUT2D eigenvalue weighted by atomic mass is 35.5. The summed E-state index contributed by atoms with van der Waals surface area (Å²) >= 11 is 6.02. The molecule has 0 atom stereocenters. The summed E-state index contributed by atoms with van der Waals surface area (Å²) in [6, 6.07) is 12.8. The molecule has 22 heavy (non-hydrogen) atoms. The smallest absolute Gasteiger partial charge is 0.319 e. The van der Waals surface area contributed by atoms with E-state index in [1.807, 2.05) is 37.3 Å². The first-order chi connectivity index (χ1) is 10.6. The molecule has 2 aromatic rings. The van der Waals surface area contributed by atoms with Crippen molar-refractivity contribution in [2.45, 2.75) is 20.0 Å². The van der Waals surface area contributed by atoms with Gasteiger partial charge < -0.3 is 15.7 Å². The van der Waals surface area contributed by atoms with Crippen LogP contribution in [0.15, 0.2) is 42.5 Å². The van der Waals surface area contributed by atoms with Crippen LogP contribution in [0.25, 0.3) is 0 Å². The molecule has 5 heteroatoms. The molecule has 0 saturated heterocycles. The minimum absolute atomic E-state index is 0.0416. The van der Waals surface area contributed by atoms with Gasteiger partial charge in [0.1, 0.15) is 0 Å². The summed E-state index contributed by atoms with van der Waals surface area (Å²) in [5.74, 6) is 0. The third-order valence-electron chi connectivity index (χ3n) is 3.42. The Hall–Kier alpha value is -2.04. The number of halogens is 1. The maximum Gasteiger partial charge on any atom is 0.319 e. The first-order valence-electron chi connectivity index (χ1n) is 7.09. The monoisotopic (exact) mass is 318 g/mol. The minimum Gasteiger partial charge on any atom is -0.392 e. The van der Waals surface area contributed by atoms with Crippen molar-refractivity contribution in [2.24, 2.45) is 0 Å². The number of urea groups is 1. The highest BCUT2D eigenvalue weighted by Crippen LogP contribution is 2.22. The number of rotatable bonds is 5. The van der Waals surface area contributed by atoms with Gasteiger partial charge in [-0.15, -0.1) is 0 Å². The molecule has 116 valence electrons. The lowest BCUT2D eigenvalue weighted by atomic mass is 10.1. The van der Waals surface area contributed by atoms with Crippen LogP contribution in [-0.4, -0.2) is 17.7 Å². The molecule has 0 aliphatic rings. The summed E-state index contributed by atoms with van der Waals surface area (Å²) in [5, 5.41) is 15.2. The van der Waals surface area contributed by atoms with Crippen LogP contribution in [0.5, 0.6) is 0 Å². The van der Waals surface area contributed by atoms with E-state index in [-0.39, 0.29) is 12.6 Å².